The zero-order valence-corrected chi connectivity index (χ0v) is 19.6. The zero-order chi connectivity index (χ0) is 24.4. The summed E-state index contributed by atoms with van der Waals surface area (Å²) in [5.74, 6) is -1.07. The summed E-state index contributed by atoms with van der Waals surface area (Å²) in [6.07, 6.45) is 2.74. The molecule has 1 aliphatic heterocycles. The molecule has 10 heteroatoms. The number of phenolic OH excluding ortho intramolecular Hbond substituents is 1. The highest BCUT2D eigenvalue weighted by Gasteiger charge is 2.25. The average Bonchev–Trinajstić information content (AvgIpc) is 2.77. The number of ether oxygens (including phenoxy) is 2. The molecule has 1 aromatic carbocycles. The Morgan fingerprint density at radius 3 is 2.67 bits per heavy atom. The molecule has 1 aromatic rings. The van der Waals surface area contributed by atoms with Gasteiger partial charge in [-0.05, 0) is 37.5 Å². The first-order chi connectivity index (χ1) is 15.7. The minimum atomic E-state index is -1.58. The minimum absolute atomic E-state index is 0.0474. The quantitative estimate of drug-likeness (QED) is 0.175. The van der Waals surface area contributed by atoms with Gasteiger partial charge in [0, 0.05) is 29.8 Å². The van der Waals surface area contributed by atoms with E-state index >= 15 is 0 Å². The normalized spacial score (nSPS) is 26.1. The average molecular weight is 483 g/mol. The van der Waals surface area contributed by atoms with Crippen molar-refractivity contribution in [3.63, 3.8) is 0 Å². The molecule has 1 heterocycles. The van der Waals surface area contributed by atoms with Crippen LogP contribution in [-0.4, -0.2) is 64.9 Å². The van der Waals surface area contributed by atoms with Crippen molar-refractivity contribution in [2.45, 2.75) is 45.0 Å². The van der Waals surface area contributed by atoms with Crippen molar-refractivity contribution in [1.82, 2.24) is 0 Å². The first-order valence-electron chi connectivity index (χ1n) is 10.5. The van der Waals surface area contributed by atoms with Crippen molar-refractivity contribution in [2.24, 2.45) is 5.92 Å². The number of carbonyl (C=O) groups excluding carboxylic acids is 2. The van der Waals surface area contributed by atoms with Gasteiger partial charge in [0.05, 0.1) is 19.8 Å². The number of cyclic esters (lactones) is 1. The molecule has 4 atom stereocenters. The predicted molar refractivity (Wildman–Crippen MR) is 123 cm³/mol. The standard InChI is InChI=1S/C23H30O9S/c1-14-8-9-19(25)22(27)18(24)7-4-6-16-12-17(30-10-5-11-33-32-29-3)13-20(26)21(16)23(28)31-15(14)2/h4,6,8-9,12-15,18,22,24,26-27H,5,7,10-11H2,1-3H3/b6-4+,9-8-/t14-,15+,18+,22?/m1/s1. The molecule has 0 saturated heterocycles. The molecule has 182 valence electrons. The number of esters is 1. The Bertz CT molecular complexity index is 868. The number of hydrogen-bond donors (Lipinski definition) is 3. The van der Waals surface area contributed by atoms with Gasteiger partial charge < -0.3 is 24.8 Å². The summed E-state index contributed by atoms with van der Waals surface area (Å²) in [7, 11) is 1.41. The van der Waals surface area contributed by atoms with Crippen molar-refractivity contribution in [3.8, 4) is 11.5 Å². The fraction of sp³-hybridized carbons (Fsp3) is 0.478. The molecule has 0 spiro atoms. The van der Waals surface area contributed by atoms with Gasteiger partial charge in [0.1, 0.15) is 29.3 Å². The second-order valence-corrected chi connectivity index (χ2v) is 8.33. The van der Waals surface area contributed by atoms with E-state index in [1.807, 2.05) is 0 Å². The highest BCUT2D eigenvalue weighted by Crippen LogP contribution is 2.31. The van der Waals surface area contributed by atoms with E-state index in [1.165, 1.54) is 37.5 Å². The van der Waals surface area contributed by atoms with Gasteiger partial charge in [-0.1, -0.05) is 25.2 Å². The van der Waals surface area contributed by atoms with E-state index in [0.717, 1.165) is 12.0 Å². The third-order valence-corrected chi connectivity index (χ3v) is 5.70. The number of rotatable bonds is 7. The summed E-state index contributed by atoms with van der Waals surface area (Å²) in [6.45, 7) is 3.73. The zero-order valence-electron chi connectivity index (χ0n) is 18.8. The van der Waals surface area contributed by atoms with Crippen LogP contribution in [0, 0.1) is 5.92 Å². The second kappa shape index (κ2) is 13.4. The number of aliphatic hydroxyl groups is 2. The Morgan fingerprint density at radius 2 is 1.94 bits per heavy atom. The molecule has 33 heavy (non-hydrogen) atoms. The summed E-state index contributed by atoms with van der Waals surface area (Å²) in [5, 5.41) is 30.8. The molecule has 0 fully saturated rings. The van der Waals surface area contributed by atoms with Crippen LogP contribution in [0.5, 0.6) is 11.5 Å². The van der Waals surface area contributed by atoms with Crippen LogP contribution in [0.25, 0.3) is 6.08 Å². The Balaban J connectivity index is 2.30. The fourth-order valence-electron chi connectivity index (χ4n) is 2.94. The van der Waals surface area contributed by atoms with Crippen LogP contribution in [0.4, 0.5) is 0 Å². The first-order valence-corrected chi connectivity index (χ1v) is 11.4. The Kier molecular flexibility index (Phi) is 10.9. The monoisotopic (exact) mass is 482 g/mol. The van der Waals surface area contributed by atoms with E-state index in [0.29, 0.717) is 30.1 Å². The molecule has 0 bridgehead atoms. The lowest BCUT2D eigenvalue weighted by Gasteiger charge is -2.20. The molecule has 0 aliphatic carbocycles. The Labute approximate surface area is 197 Å². The summed E-state index contributed by atoms with van der Waals surface area (Å²) in [4.78, 5) is 29.4. The number of aliphatic hydroxyl groups excluding tert-OH is 2. The van der Waals surface area contributed by atoms with E-state index < -0.39 is 30.1 Å². The van der Waals surface area contributed by atoms with E-state index in [-0.39, 0.29) is 23.7 Å². The lowest BCUT2D eigenvalue weighted by atomic mass is 9.99. The van der Waals surface area contributed by atoms with Crippen LogP contribution in [0.15, 0.2) is 30.4 Å². The van der Waals surface area contributed by atoms with Gasteiger partial charge in [0.15, 0.2) is 5.78 Å². The smallest absolute Gasteiger partial charge is 0.342 e. The van der Waals surface area contributed by atoms with Gasteiger partial charge in [-0.25, -0.2) is 9.68 Å². The van der Waals surface area contributed by atoms with Crippen molar-refractivity contribution in [1.29, 1.82) is 0 Å². The van der Waals surface area contributed by atoms with Gasteiger partial charge in [-0.3, -0.25) is 4.79 Å². The SMILES string of the molecule is COOSCCCOc1cc(O)c2c(c1)/C=C/C[C@H](O)C(O)C(=O)/C=C\[C@@H](C)[C@H](C)OC2=O. The molecule has 0 amide bonds. The van der Waals surface area contributed by atoms with Gasteiger partial charge in [-0.2, -0.15) is 4.33 Å². The van der Waals surface area contributed by atoms with Crippen LogP contribution >= 0.6 is 12.0 Å². The third-order valence-electron chi connectivity index (χ3n) is 5.01. The topological polar surface area (TPSA) is 132 Å². The molecule has 1 unspecified atom stereocenters. The van der Waals surface area contributed by atoms with E-state index in [1.54, 1.807) is 19.9 Å². The van der Waals surface area contributed by atoms with E-state index in [9.17, 15) is 24.9 Å². The Hall–Kier alpha value is -2.37. The summed E-state index contributed by atoms with van der Waals surface area (Å²) in [5.41, 5.74) is 0.265. The lowest BCUT2D eigenvalue weighted by molar-refractivity contribution is -0.160. The van der Waals surface area contributed by atoms with E-state index in [2.05, 4.69) is 4.89 Å². The number of benzene rings is 1. The van der Waals surface area contributed by atoms with E-state index in [4.69, 9.17) is 13.8 Å². The molecule has 0 aromatic heterocycles. The molecular weight excluding hydrogens is 452 g/mol. The maximum Gasteiger partial charge on any atom is 0.342 e. The van der Waals surface area contributed by atoms with Crippen molar-refractivity contribution in [2.75, 3.05) is 19.5 Å². The number of ketones is 1. The second-order valence-electron chi connectivity index (χ2n) is 7.55. The third kappa shape index (κ3) is 8.17. The van der Waals surface area contributed by atoms with Crippen LogP contribution in [0.2, 0.25) is 0 Å². The van der Waals surface area contributed by atoms with Gasteiger partial charge in [-0.15, -0.1) is 0 Å². The maximum atomic E-state index is 12.8. The summed E-state index contributed by atoms with van der Waals surface area (Å²) in [6, 6.07) is 2.90. The highest BCUT2D eigenvalue weighted by molar-refractivity contribution is 7.94. The Morgan fingerprint density at radius 1 is 1.18 bits per heavy atom. The molecule has 0 radical (unpaired) electrons. The van der Waals surface area contributed by atoms with Crippen molar-refractivity contribution in [3.05, 3.63) is 41.5 Å². The number of phenols is 1. The van der Waals surface area contributed by atoms with Crippen LogP contribution < -0.4 is 4.74 Å². The molecule has 9 nitrogen and oxygen atoms in total. The van der Waals surface area contributed by atoms with Crippen LogP contribution in [-0.2, 0) is 18.8 Å². The highest BCUT2D eigenvalue weighted by atomic mass is 32.2. The van der Waals surface area contributed by atoms with Crippen LogP contribution in [0.3, 0.4) is 0 Å². The number of aromatic hydroxyl groups is 1. The summed E-state index contributed by atoms with van der Waals surface area (Å²) < 4.78 is 15.9. The lowest BCUT2D eigenvalue weighted by Crippen LogP contribution is -2.32. The summed E-state index contributed by atoms with van der Waals surface area (Å²) >= 11 is 1.13. The molecule has 0 saturated carbocycles. The fourth-order valence-corrected chi connectivity index (χ4v) is 3.34. The van der Waals surface area contributed by atoms with Gasteiger partial charge in [0.2, 0.25) is 0 Å². The largest absolute Gasteiger partial charge is 0.507 e. The van der Waals surface area contributed by atoms with Crippen molar-refractivity contribution >= 4 is 29.9 Å². The number of fused-ring (bicyclic) bond motifs is 1. The molecule has 3 N–H and O–H groups in total. The van der Waals surface area contributed by atoms with Gasteiger partial charge >= 0.3 is 5.97 Å². The predicted octanol–water partition coefficient (Wildman–Crippen LogP) is 2.83. The number of hydrogen-bond acceptors (Lipinski definition) is 10. The first kappa shape index (κ1) is 26.9. The van der Waals surface area contributed by atoms with Crippen molar-refractivity contribution < 1.29 is 43.6 Å². The van der Waals surface area contributed by atoms with Gasteiger partial charge in [0.25, 0.3) is 0 Å². The number of carbonyl (C=O) groups is 2. The molecular formula is C23H30O9S. The maximum absolute atomic E-state index is 12.8. The molecule has 1 aliphatic rings. The minimum Gasteiger partial charge on any atom is -0.507 e. The molecule has 2 rings (SSSR count). The van der Waals surface area contributed by atoms with Crippen LogP contribution in [0.1, 0.15) is 42.6 Å².